The van der Waals surface area contributed by atoms with Gasteiger partial charge in [0, 0.05) is 39.0 Å². The van der Waals surface area contributed by atoms with Crippen LogP contribution in [0.1, 0.15) is 74.8 Å². The largest absolute Gasteiger partial charge is 0.357 e. The molecule has 30 heavy (non-hydrogen) atoms. The van der Waals surface area contributed by atoms with E-state index >= 15 is 0 Å². The minimum atomic E-state index is 0. The van der Waals surface area contributed by atoms with Crippen LogP contribution in [0.15, 0.2) is 4.99 Å². The molecule has 10 heteroatoms. The van der Waals surface area contributed by atoms with Crippen molar-refractivity contribution in [3.05, 3.63) is 23.3 Å². The van der Waals surface area contributed by atoms with Crippen molar-refractivity contribution in [3.63, 3.8) is 0 Å². The average Bonchev–Trinajstić information content (AvgIpc) is 3.20. The molecule has 2 N–H and O–H groups in total. The summed E-state index contributed by atoms with van der Waals surface area (Å²) in [6.07, 6.45) is 8.86. The molecule has 0 spiro atoms. The number of aromatic nitrogens is 6. The van der Waals surface area contributed by atoms with Gasteiger partial charge in [0.25, 0.3) is 0 Å². The number of rotatable bonds is 6. The number of guanidine groups is 1. The lowest BCUT2D eigenvalue weighted by atomic mass is 10.1. The quantitative estimate of drug-likeness (QED) is 0.260. The second-order valence-corrected chi connectivity index (χ2v) is 7.94. The summed E-state index contributed by atoms with van der Waals surface area (Å²) in [5.41, 5.74) is 0. The van der Waals surface area contributed by atoms with Gasteiger partial charge in [0.05, 0.1) is 6.04 Å². The Morgan fingerprint density at radius 3 is 2.93 bits per heavy atom. The van der Waals surface area contributed by atoms with Gasteiger partial charge in [-0.25, -0.2) is 9.67 Å². The topological polar surface area (TPSA) is 97.8 Å². The zero-order valence-electron chi connectivity index (χ0n) is 18.1. The zero-order valence-corrected chi connectivity index (χ0v) is 20.4. The van der Waals surface area contributed by atoms with Crippen LogP contribution in [0.5, 0.6) is 0 Å². The highest BCUT2D eigenvalue weighted by molar-refractivity contribution is 14.0. The van der Waals surface area contributed by atoms with Crippen LogP contribution in [-0.2, 0) is 25.9 Å². The monoisotopic (exact) mass is 527 g/mol. The van der Waals surface area contributed by atoms with Gasteiger partial charge in [-0.1, -0.05) is 6.42 Å². The van der Waals surface area contributed by atoms with Gasteiger partial charge in [-0.15, -0.1) is 34.2 Å². The van der Waals surface area contributed by atoms with Gasteiger partial charge >= 0.3 is 0 Å². The molecule has 0 amide bonds. The van der Waals surface area contributed by atoms with E-state index in [-0.39, 0.29) is 30.0 Å². The van der Waals surface area contributed by atoms with Crippen LogP contribution in [0, 0.1) is 6.92 Å². The number of aliphatic imine (C=N–C) groups is 1. The number of nitrogens with one attached hydrogen (secondary N) is 2. The van der Waals surface area contributed by atoms with Gasteiger partial charge in [-0.2, -0.15) is 5.10 Å². The Morgan fingerprint density at radius 2 is 2.07 bits per heavy atom. The summed E-state index contributed by atoms with van der Waals surface area (Å²) in [6, 6.07) is 0.162. The summed E-state index contributed by atoms with van der Waals surface area (Å²) < 4.78 is 4.36. The Hall–Kier alpha value is -1.72. The summed E-state index contributed by atoms with van der Waals surface area (Å²) in [4.78, 5) is 9.41. The second kappa shape index (κ2) is 11.1. The second-order valence-electron chi connectivity index (χ2n) is 7.94. The molecule has 0 aromatic carbocycles. The Labute approximate surface area is 195 Å². The maximum Gasteiger partial charge on any atom is 0.191 e. The van der Waals surface area contributed by atoms with E-state index in [0.29, 0.717) is 0 Å². The molecule has 4 heterocycles. The molecule has 2 aliphatic rings. The third-order valence-corrected chi connectivity index (χ3v) is 5.65. The van der Waals surface area contributed by atoms with Gasteiger partial charge in [0.1, 0.15) is 23.3 Å². The summed E-state index contributed by atoms with van der Waals surface area (Å²) in [5, 5.41) is 20.2. The van der Waals surface area contributed by atoms with Gasteiger partial charge in [-0.3, -0.25) is 4.99 Å². The average molecular weight is 527 g/mol. The molecule has 0 fully saturated rings. The Bertz CT molecular complexity index is 841. The number of hydrogen-bond donors (Lipinski definition) is 2. The predicted octanol–water partition coefficient (Wildman–Crippen LogP) is 2.55. The van der Waals surface area contributed by atoms with Gasteiger partial charge in [-0.05, 0) is 46.0 Å². The van der Waals surface area contributed by atoms with Crippen molar-refractivity contribution in [2.24, 2.45) is 4.99 Å². The normalized spacial score (nSPS) is 18.7. The molecule has 0 saturated heterocycles. The van der Waals surface area contributed by atoms with Gasteiger partial charge in [0.15, 0.2) is 5.96 Å². The fourth-order valence-electron chi connectivity index (χ4n) is 4.25. The van der Waals surface area contributed by atoms with E-state index in [9.17, 15) is 0 Å². The lowest BCUT2D eigenvalue weighted by Gasteiger charge is -2.25. The van der Waals surface area contributed by atoms with E-state index in [1.54, 1.807) is 0 Å². The van der Waals surface area contributed by atoms with Crippen molar-refractivity contribution in [1.29, 1.82) is 0 Å². The third kappa shape index (κ3) is 5.50. The van der Waals surface area contributed by atoms with E-state index in [1.165, 1.54) is 19.3 Å². The van der Waals surface area contributed by atoms with Crippen LogP contribution in [0.2, 0.25) is 0 Å². The fourth-order valence-corrected chi connectivity index (χ4v) is 4.25. The minimum Gasteiger partial charge on any atom is -0.357 e. The molecular formula is C20H34IN9. The first-order valence-corrected chi connectivity index (χ1v) is 11.1. The molecule has 166 valence electrons. The summed E-state index contributed by atoms with van der Waals surface area (Å²) in [6.45, 7) is 7.65. The van der Waals surface area contributed by atoms with Crippen LogP contribution in [0.25, 0.3) is 0 Å². The molecule has 0 aliphatic carbocycles. The number of hydrogen-bond acceptors (Lipinski definition) is 5. The SMILES string of the molecule is CCNC(=NCCCc1nnc2n1CCCCC2)NC1CCCn2nc(C)nc21.I. The molecule has 0 saturated carbocycles. The lowest BCUT2D eigenvalue weighted by molar-refractivity contribution is 0.397. The summed E-state index contributed by atoms with van der Waals surface area (Å²) >= 11 is 0. The zero-order chi connectivity index (χ0) is 20.1. The standard InChI is InChI=1S/C20H33N9.HI/c1-3-21-20(24-16-9-8-14-29-19(16)23-15(2)27-29)22-12-7-11-18-26-25-17-10-5-4-6-13-28(17)18;/h16H,3-14H2,1-2H3,(H2,21,22,24);1H. The van der Waals surface area contributed by atoms with E-state index in [0.717, 1.165) is 87.5 Å². The Balaban J connectivity index is 0.00000256. The highest BCUT2D eigenvalue weighted by Crippen LogP contribution is 2.22. The van der Waals surface area contributed by atoms with Crippen LogP contribution in [0.3, 0.4) is 0 Å². The lowest BCUT2D eigenvalue weighted by Crippen LogP contribution is -2.41. The van der Waals surface area contributed by atoms with Crippen LogP contribution in [0.4, 0.5) is 0 Å². The molecule has 2 aromatic rings. The van der Waals surface area contributed by atoms with E-state index in [2.05, 4.69) is 42.4 Å². The molecular weight excluding hydrogens is 493 g/mol. The Morgan fingerprint density at radius 1 is 1.17 bits per heavy atom. The first-order chi connectivity index (χ1) is 14.2. The van der Waals surface area contributed by atoms with E-state index in [4.69, 9.17) is 4.99 Å². The maximum atomic E-state index is 4.80. The van der Waals surface area contributed by atoms with Crippen molar-refractivity contribution in [2.75, 3.05) is 13.1 Å². The molecule has 9 nitrogen and oxygen atoms in total. The first kappa shape index (κ1) is 23.0. The van der Waals surface area contributed by atoms with Gasteiger partial charge < -0.3 is 15.2 Å². The van der Waals surface area contributed by atoms with Crippen molar-refractivity contribution >= 4 is 29.9 Å². The van der Waals surface area contributed by atoms with Crippen LogP contribution < -0.4 is 10.6 Å². The molecule has 1 atom stereocenters. The van der Waals surface area contributed by atoms with Crippen molar-refractivity contribution in [3.8, 4) is 0 Å². The maximum absolute atomic E-state index is 4.80. The molecule has 1 unspecified atom stereocenters. The number of aryl methyl sites for hydroxylation is 4. The summed E-state index contributed by atoms with van der Waals surface area (Å²) in [5.74, 6) is 4.99. The van der Waals surface area contributed by atoms with Crippen molar-refractivity contribution < 1.29 is 0 Å². The number of nitrogens with zero attached hydrogens (tertiary/aromatic N) is 7. The minimum absolute atomic E-state index is 0. The van der Waals surface area contributed by atoms with Crippen molar-refractivity contribution in [2.45, 2.75) is 84.3 Å². The molecule has 2 aromatic heterocycles. The number of halogens is 1. The molecule has 2 aliphatic heterocycles. The molecule has 0 radical (unpaired) electrons. The van der Waals surface area contributed by atoms with Crippen molar-refractivity contribution in [1.82, 2.24) is 40.2 Å². The highest BCUT2D eigenvalue weighted by atomic mass is 127. The number of fused-ring (bicyclic) bond motifs is 2. The Kier molecular flexibility index (Phi) is 8.46. The van der Waals surface area contributed by atoms with Crippen LogP contribution >= 0.6 is 24.0 Å². The summed E-state index contributed by atoms with van der Waals surface area (Å²) in [7, 11) is 0. The highest BCUT2D eigenvalue weighted by Gasteiger charge is 2.24. The third-order valence-electron chi connectivity index (χ3n) is 5.65. The van der Waals surface area contributed by atoms with E-state index < -0.39 is 0 Å². The van der Waals surface area contributed by atoms with Crippen LogP contribution in [-0.4, -0.2) is 48.6 Å². The smallest absolute Gasteiger partial charge is 0.191 e. The molecule has 4 rings (SSSR count). The first-order valence-electron chi connectivity index (χ1n) is 11.1. The molecule has 0 bridgehead atoms. The predicted molar refractivity (Wildman–Crippen MR) is 127 cm³/mol. The van der Waals surface area contributed by atoms with E-state index in [1.807, 2.05) is 11.6 Å². The van der Waals surface area contributed by atoms with Gasteiger partial charge in [0.2, 0.25) is 0 Å². The fraction of sp³-hybridized carbons (Fsp3) is 0.750.